The molecule has 6 heteroatoms. The quantitative estimate of drug-likeness (QED) is 0.838. The number of sulfonamides is 1. The molecule has 5 nitrogen and oxygen atoms in total. The van der Waals surface area contributed by atoms with Gasteiger partial charge in [0, 0.05) is 26.1 Å². The molecule has 2 aliphatic heterocycles. The molecule has 0 aromatic heterocycles. The predicted octanol–water partition coefficient (Wildman–Crippen LogP) is 2.56. The maximum absolute atomic E-state index is 12.8. The van der Waals surface area contributed by atoms with Crippen molar-refractivity contribution in [2.45, 2.75) is 44.9 Å². The first-order chi connectivity index (χ1) is 11.6. The van der Waals surface area contributed by atoms with Crippen LogP contribution in [0.4, 0.5) is 5.69 Å². The van der Waals surface area contributed by atoms with Crippen LogP contribution in [0.25, 0.3) is 0 Å². The number of carbonyl (C=O) groups is 1. The fourth-order valence-electron chi connectivity index (χ4n) is 3.59. The Kier molecular flexibility index (Phi) is 5.43. The normalized spacial score (nSPS) is 18.8. The molecule has 0 saturated carbocycles. The third-order valence-corrected chi connectivity index (χ3v) is 6.71. The van der Waals surface area contributed by atoms with Crippen LogP contribution >= 0.6 is 0 Å². The van der Waals surface area contributed by atoms with E-state index in [-0.39, 0.29) is 18.1 Å². The van der Waals surface area contributed by atoms with E-state index in [1.54, 1.807) is 0 Å². The lowest BCUT2D eigenvalue weighted by Crippen LogP contribution is -2.39. The number of hydrogen-bond donors (Lipinski definition) is 0. The van der Waals surface area contributed by atoms with Crippen molar-refractivity contribution < 1.29 is 13.2 Å². The fourth-order valence-corrected chi connectivity index (χ4v) is 5.13. The van der Waals surface area contributed by atoms with E-state index in [0.29, 0.717) is 6.54 Å². The Hall–Kier alpha value is -1.56. The van der Waals surface area contributed by atoms with E-state index in [9.17, 15) is 13.2 Å². The zero-order chi connectivity index (χ0) is 17.0. The minimum absolute atomic E-state index is 0.0224. The predicted molar refractivity (Wildman–Crippen MR) is 95.6 cm³/mol. The first-order valence-corrected chi connectivity index (χ1v) is 10.5. The second-order valence-electron chi connectivity index (χ2n) is 6.67. The van der Waals surface area contributed by atoms with Gasteiger partial charge in [-0.3, -0.25) is 9.10 Å². The number of rotatable bonds is 4. The van der Waals surface area contributed by atoms with Gasteiger partial charge in [0.1, 0.15) is 0 Å². The van der Waals surface area contributed by atoms with Crippen LogP contribution in [0.2, 0.25) is 0 Å². The maximum atomic E-state index is 12.8. The molecule has 1 saturated heterocycles. The summed E-state index contributed by atoms with van der Waals surface area (Å²) in [6.45, 7) is 2.05. The van der Waals surface area contributed by atoms with Crippen LogP contribution in [0.5, 0.6) is 0 Å². The molecule has 1 fully saturated rings. The zero-order valence-electron chi connectivity index (χ0n) is 14.1. The summed E-state index contributed by atoms with van der Waals surface area (Å²) >= 11 is 0. The number of anilines is 1. The van der Waals surface area contributed by atoms with Crippen molar-refractivity contribution in [3.05, 3.63) is 29.8 Å². The number of aryl methyl sites for hydroxylation is 1. The van der Waals surface area contributed by atoms with Gasteiger partial charge in [-0.05, 0) is 37.3 Å². The lowest BCUT2D eigenvalue weighted by atomic mass is 10.0. The molecule has 1 aromatic carbocycles. The lowest BCUT2D eigenvalue weighted by molar-refractivity contribution is -0.130. The molecule has 3 rings (SSSR count). The summed E-state index contributed by atoms with van der Waals surface area (Å²) in [5.41, 5.74) is 1.86. The van der Waals surface area contributed by atoms with E-state index < -0.39 is 10.0 Å². The molecule has 0 unspecified atom stereocenters. The highest BCUT2D eigenvalue weighted by molar-refractivity contribution is 7.92. The van der Waals surface area contributed by atoms with Gasteiger partial charge in [0.25, 0.3) is 0 Å². The minimum Gasteiger partial charge on any atom is -0.343 e. The molecule has 24 heavy (non-hydrogen) atoms. The number of amides is 1. The standard InChI is InChI=1S/C18H26N2O3S/c21-18(19-12-5-1-2-6-13-19)11-15-24(22,23)20-14-7-9-16-8-3-4-10-17(16)20/h3-4,8,10H,1-2,5-7,9,11-15H2. The average Bonchev–Trinajstić information content (AvgIpc) is 2.88. The number of fused-ring (bicyclic) bond motifs is 1. The molecule has 0 spiro atoms. The first-order valence-electron chi connectivity index (χ1n) is 8.94. The highest BCUT2D eigenvalue weighted by Crippen LogP contribution is 2.29. The third-order valence-electron chi connectivity index (χ3n) is 4.94. The lowest BCUT2D eigenvalue weighted by Gasteiger charge is -2.30. The summed E-state index contributed by atoms with van der Waals surface area (Å²) in [4.78, 5) is 14.2. The van der Waals surface area contributed by atoms with Crippen LogP contribution in [0, 0.1) is 0 Å². The van der Waals surface area contributed by atoms with Crippen LogP contribution in [0.3, 0.4) is 0 Å². The molecule has 1 amide bonds. The number of benzene rings is 1. The first kappa shape index (κ1) is 17.3. The number of likely N-dealkylation sites (tertiary alicyclic amines) is 1. The summed E-state index contributed by atoms with van der Waals surface area (Å²) < 4.78 is 27.0. The van der Waals surface area contributed by atoms with Crippen molar-refractivity contribution in [3.63, 3.8) is 0 Å². The summed E-state index contributed by atoms with van der Waals surface area (Å²) in [7, 11) is -3.45. The molecule has 2 heterocycles. The molecule has 0 bridgehead atoms. The third kappa shape index (κ3) is 3.91. The van der Waals surface area contributed by atoms with Gasteiger partial charge >= 0.3 is 0 Å². The van der Waals surface area contributed by atoms with Crippen molar-refractivity contribution in [1.29, 1.82) is 0 Å². The monoisotopic (exact) mass is 350 g/mol. The second kappa shape index (κ2) is 7.55. The Bertz CT molecular complexity index is 679. The molecule has 1 aromatic rings. The molecular formula is C18H26N2O3S. The van der Waals surface area contributed by atoms with Gasteiger partial charge in [-0.1, -0.05) is 31.0 Å². The topological polar surface area (TPSA) is 57.7 Å². The van der Waals surface area contributed by atoms with Gasteiger partial charge in [-0.15, -0.1) is 0 Å². The van der Waals surface area contributed by atoms with Crippen LogP contribution in [-0.4, -0.2) is 44.6 Å². The Morgan fingerprint density at radius 3 is 2.42 bits per heavy atom. The van der Waals surface area contributed by atoms with Crippen LogP contribution < -0.4 is 4.31 Å². The summed E-state index contributed by atoms with van der Waals surface area (Å²) in [6.07, 6.45) is 6.20. The van der Waals surface area contributed by atoms with Crippen molar-refractivity contribution in [3.8, 4) is 0 Å². The number of para-hydroxylation sites is 1. The number of carbonyl (C=O) groups excluding carboxylic acids is 1. The van der Waals surface area contributed by atoms with E-state index >= 15 is 0 Å². The van der Waals surface area contributed by atoms with Crippen LogP contribution in [0.15, 0.2) is 24.3 Å². The summed E-state index contributed by atoms with van der Waals surface area (Å²) in [5, 5.41) is 0. The number of nitrogens with zero attached hydrogens (tertiary/aromatic N) is 2. The molecule has 0 radical (unpaired) electrons. The minimum atomic E-state index is -3.45. The maximum Gasteiger partial charge on any atom is 0.235 e. The van der Waals surface area contributed by atoms with Gasteiger partial charge in [-0.2, -0.15) is 0 Å². The highest BCUT2D eigenvalue weighted by Gasteiger charge is 2.28. The van der Waals surface area contributed by atoms with E-state index in [1.165, 1.54) is 4.31 Å². The Balaban J connectivity index is 1.65. The van der Waals surface area contributed by atoms with Crippen molar-refractivity contribution in [2.75, 3.05) is 29.7 Å². The Morgan fingerprint density at radius 2 is 1.67 bits per heavy atom. The van der Waals surface area contributed by atoms with Crippen molar-refractivity contribution >= 4 is 21.6 Å². The average molecular weight is 350 g/mol. The molecule has 132 valence electrons. The molecule has 0 atom stereocenters. The van der Waals surface area contributed by atoms with Gasteiger partial charge in [0.05, 0.1) is 11.4 Å². The van der Waals surface area contributed by atoms with Gasteiger partial charge in [0.15, 0.2) is 0 Å². The van der Waals surface area contributed by atoms with Gasteiger partial charge in [0.2, 0.25) is 15.9 Å². The molecule has 0 N–H and O–H groups in total. The highest BCUT2D eigenvalue weighted by atomic mass is 32.2. The van der Waals surface area contributed by atoms with E-state index in [1.807, 2.05) is 29.2 Å². The SMILES string of the molecule is O=C(CCS(=O)(=O)N1CCCc2ccccc21)N1CCCCCC1. The molecular weight excluding hydrogens is 324 g/mol. The summed E-state index contributed by atoms with van der Waals surface area (Å²) in [6, 6.07) is 7.66. The zero-order valence-corrected chi connectivity index (χ0v) is 14.9. The van der Waals surface area contributed by atoms with Gasteiger partial charge in [-0.25, -0.2) is 8.42 Å². The van der Waals surface area contributed by atoms with E-state index in [4.69, 9.17) is 0 Å². The van der Waals surface area contributed by atoms with Gasteiger partial charge < -0.3 is 4.90 Å². The Labute approximate surface area is 144 Å². The van der Waals surface area contributed by atoms with Crippen molar-refractivity contribution in [1.82, 2.24) is 4.90 Å². The largest absolute Gasteiger partial charge is 0.343 e. The summed E-state index contributed by atoms with van der Waals surface area (Å²) in [5.74, 6) is -0.123. The second-order valence-corrected chi connectivity index (χ2v) is 8.68. The van der Waals surface area contributed by atoms with E-state index in [2.05, 4.69) is 0 Å². The van der Waals surface area contributed by atoms with E-state index in [0.717, 1.165) is 62.9 Å². The van der Waals surface area contributed by atoms with Crippen LogP contribution in [0.1, 0.15) is 44.1 Å². The van der Waals surface area contributed by atoms with Crippen molar-refractivity contribution in [2.24, 2.45) is 0 Å². The smallest absolute Gasteiger partial charge is 0.235 e. The Morgan fingerprint density at radius 1 is 0.958 bits per heavy atom. The molecule has 2 aliphatic rings. The van der Waals surface area contributed by atoms with Crippen LogP contribution in [-0.2, 0) is 21.2 Å². The fraction of sp³-hybridized carbons (Fsp3) is 0.611. The molecule has 0 aliphatic carbocycles. The number of hydrogen-bond acceptors (Lipinski definition) is 3.